The fourth-order valence-corrected chi connectivity index (χ4v) is 2.39. The molecule has 4 heteroatoms. The van der Waals surface area contributed by atoms with Gasteiger partial charge in [0.25, 0.3) is 0 Å². The fourth-order valence-electron chi connectivity index (χ4n) is 2.39. The summed E-state index contributed by atoms with van der Waals surface area (Å²) >= 11 is 0. The van der Waals surface area contributed by atoms with Crippen LogP contribution in [0.15, 0.2) is 54.7 Å². The Balaban J connectivity index is 2.04. The van der Waals surface area contributed by atoms with Gasteiger partial charge in [0.1, 0.15) is 5.82 Å². The average Bonchev–Trinajstić information content (AvgIpc) is 2.81. The van der Waals surface area contributed by atoms with Crippen LogP contribution in [0.3, 0.4) is 0 Å². The summed E-state index contributed by atoms with van der Waals surface area (Å²) in [5, 5.41) is 0.835. The van der Waals surface area contributed by atoms with Gasteiger partial charge in [-0.15, -0.1) is 0 Å². The lowest BCUT2D eigenvalue weighted by molar-refractivity contribution is 0.0999. The van der Waals surface area contributed by atoms with E-state index >= 15 is 0 Å². The van der Waals surface area contributed by atoms with Crippen LogP contribution in [0.2, 0.25) is 0 Å². The number of hydrogen-bond acceptors (Lipinski definition) is 1. The van der Waals surface area contributed by atoms with Crippen molar-refractivity contribution in [1.82, 2.24) is 4.57 Å². The molecule has 3 rings (SSSR count). The van der Waals surface area contributed by atoms with Gasteiger partial charge in [-0.3, -0.25) is 4.79 Å². The van der Waals surface area contributed by atoms with Gasteiger partial charge in [-0.25, -0.2) is 4.39 Å². The van der Waals surface area contributed by atoms with Crippen LogP contribution in [0.4, 0.5) is 4.39 Å². The van der Waals surface area contributed by atoms with Crippen molar-refractivity contribution in [3.8, 4) is 0 Å². The number of halogens is 1. The van der Waals surface area contributed by atoms with Gasteiger partial charge in [0.05, 0.1) is 0 Å². The van der Waals surface area contributed by atoms with Crippen molar-refractivity contribution in [2.24, 2.45) is 5.73 Å². The Labute approximate surface area is 115 Å². The zero-order valence-electron chi connectivity index (χ0n) is 10.7. The van der Waals surface area contributed by atoms with Crippen LogP contribution < -0.4 is 5.73 Å². The van der Waals surface area contributed by atoms with Crippen LogP contribution in [0.5, 0.6) is 0 Å². The minimum absolute atomic E-state index is 0.257. The molecule has 3 nitrogen and oxygen atoms in total. The van der Waals surface area contributed by atoms with Crippen LogP contribution in [-0.2, 0) is 6.54 Å². The molecule has 0 atom stereocenters. The summed E-state index contributed by atoms with van der Waals surface area (Å²) in [7, 11) is 0. The molecule has 0 unspecified atom stereocenters. The molecule has 0 saturated heterocycles. The largest absolute Gasteiger partial charge is 0.366 e. The van der Waals surface area contributed by atoms with Gasteiger partial charge in [-0.05, 0) is 35.9 Å². The van der Waals surface area contributed by atoms with Gasteiger partial charge in [0.15, 0.2) is 0 Å². The summed E-state index contributed by atoms with van der Waals surface area (Å²) < 4.78 is 15.1. The van der Waals surface area contributed by atoms with E-state index in [2.05, 4.69) is 0 Å². The first-order chi connectivity index (χ1) is 9.65. The lowest BCUT2D eigenvalue weighted by atomic mass is 10.1. The number of nitrogens with two attached hydrogens (primary N) is 1. The highest BCUT2D eigenvalue weighted by Crippen LogP contribution is 2.19. The number of nitrogens with zero attached hydrogens (tertiary/aromatic N) is 1. The third kappa shape index (κ3) is 2.16. The van der Waals surface area contributed by atoms with Crippen LogP contribution >= 0.6 is 0 Å². The van der Waals surface area contributed by atoms with Gasteiger partial charge < -0.3 is 10.3 Å². The second-order valence-electron chi connectivity index (χ2n) is 4.67. The second kappa shape index (κ2) is 4.81. The second-order valence-corrected chi connectivity index (χ2v) is 4.67. The number of primary amides is 1. The Hall–Kier alpha value is -2.62. The van der Waals surface area contributed by atoms with Crippen molar-refractivity contribution in [3.05, 3.63) is 71.7 Å². The molecule has 1 amide bonds. The minimum atomic E-state index is -0.442. The standard InChI is InChI=1S/C16H13FN2O/c17-13-5-6-15-11(9-13)7-8-19(15)10-12-3-1-2-4-14(12)16(18)20/h1-9H,10H2,(H2,18,20). The summed E-state index contributed by atoms with van der Waals surface area (Å²) in [6.07, 6.45) is 1.88. The van der Waals surface area contributed by atoms with Crippen LogP contribution in [0, 0.1) is 5.82 Å². The Kier molecular flexibility index (Phi) is 2.99. The van der Waals surface area contributed by atoms with Crippen LogP contribution in [0.25, 0.3) is 10.9 Å². The Morgan fingerprint density at radius 2 is 1.95 bits per heavy atom. The number of fused-ring (bicyclic) bond motifs is 1. The van der Waals surface area contributed by atoms with Gasteiger partial charge in [0, 0.05) is 29.2 Å². The highest BCUT2D eigenvalue weighted by molar-refractivity contribution is 5.94. The lowest BCUT2D eigenvalue weighted by Crippen LogP contribution is -2.14. The van der Waals surface area contributed by atoms with Crippen LogP contribution in [0.1, 0.15) is 15.9 Å². The molecule has 0 bridgehead atoms. The van der Waals surface area contributed by atoms with E-state index in [-0.39, 0.29) is 5.82 Å². The van der Waals surface area contributed by atoms with Gasteiger partial charge in [-0.1, -0.05) is 18.2 Å². The first-order valence-electron chi connectivity index (χ1n) is 6.27. The predicted molar refractivity (Wildman–Crippen MR) is 76.0 cm³/mol. The molecule has 0 aliphatic carbocycles. The zero-order chi connectivity index (χ0) is 14.1. The summed E-state index contributed by atoms with van der Waals surface area (Å²) in [6.45, 7) is 0.522. The molecule has 20 heavy (non-hydrogen) atoms. The summed E-state index contributed by atoms with van der Waals surface area (Å²) in [5.74, 6) is -0.698. The Morgan fingerprint density at radius 3 is 2.75 bits per heavy atom. The molecule has 0 spiro atoms. The van der Waals surface area contributed by atoms with E-state index < -0.39 is 5.91 Å². The minimum Gasteiger partial charge on any atom is -0.366 e. The first kappa shape index (κ1) is 12.4. The van der Waals surface area contributed by atoms with E-state index in [4.69, 9.17) is 5.73 Å². The molecule has 0 radical (unpaired) electrons. The van der Waals surface area contributed by atoms with E-state index in [1.54, 1.807) is 18.2 Å². The number of benzene rings is 2. The average molecular weight is 268 g/mol. The maximum Gasteiger partial charge on any atom is 0.249 e. The first-order valence-corrected chi connectivity index (χ1v) is 6.27. The smallest absolute Gasteiger partial charge is 0.249 e. The SMILES string of the molecule is NC(=O)c1ccccc1Cn1ccc2cc(F)ccc21. The number of amides is 1. The molecule has 1 heterocycles. The van der Waals surface area contributed by atoms with Crippen molar-refractivity contribution < 1.29 is 9.18 Å². The Morgan fingerprint density at radius 1 is 1.15 bits per heavy atom. The molecule has 2 aromatic carbocycles. The number of rotatable bonds is 3. The number of aromatic nitrogens is 1. The van der Waals surface area contributed by atoms with Crippen molar-refractivity contribution >= 4 is 16.8 Å². The van der Waals surface area contributed by atoms with Crippen molar-refractivity contribution in [1.29, 1.82) is 0 Å². The number of hydrogen-bond donors (Lipinski definition) is 1. The number of carbonyl (C=O) groups excluding carboxylic acids is 1. The molecule has 3 aromatic rings. The van der Waals surface area contributed by atoms with Crippen molar-refractivity contribution in [3.63, 3.8) is 0 Å². The predicted octanol–water partition coefficient (Wildman–Crippen LogP) is 2.93. The normalized spacial score (nSPS) is 10.8. The van der Waals surface area contributed by atoms with E-state index in [0.29, 0.717) is 12.1 Å². The highest BCUT2D eigenvalue weighted by atomic mass is 19.1. The lowest BCUT2D eigenvalue weighted by Gasteiger charge is -2.09. The molecule has 100 valence electrons. The third-order valence-electron chi connectivity index (χ3n) is 3.36. The molecular weight excluding hydrogens is 255 g/mol. The molecule has 2 N–H and O–H groups in total. The van der Waals surface area contributed by atoms with Gasteiger partial charge in [0.2, 0.25) is 5.91 Å². The Bertz CT molecular complexity index is 792. The monoisotopic (exact) mass is 268 g/mol. The molecule has 0 fully saturated rings. The number of carbonyl (C=O) groups is 1. The van der Waals surface area contributed by atoms with Crippen molar-refractivity contribution in [2.75, 3.05) is 0 Å². The summed E-state index contributed by atoms with van der Waals surface area (Å²) in [5.41, 5.74) is 7.66. The summed E-state index contributed by atoms with van der Waals surface area (Å²) in [6, 6.07) is 13.7. The fraction of sp³-hybridized carbons (Fsp3) is 0.0625. The van der Waals surface area contributed by atoms with E-state index in [1.807, 2.05) is 29.0 Å². The topological polar surface area (TPSA) is 48.0 Å². The third-order valence-corrected chi connectivity index (χ3v) is 3.36. The molecule has 0 aliphatic rings. The van der Waals surface area contributed by atoms with Crippen molar-refractivity contribution in [2.45, 2.75) is 6.54 Å². The summed E-state index contributed by atoms with van der Waals surface area (Å²) in [4.78, 5) is 11.4. The molecule has 1 aromatic heterocycles. The van der Waals surface area contributed by atoms with E-state index in [0.717, 1.165) is 16.5 Å². The maximum absolute atomic E-state index is 13.2. The molecular formula is C16H13FN2O. The quantitative estimate of drug-likeness (QED) is 0.780. The van der Waals surface area contributed by atoms with Crippen LogP contribution in [-0.4, -0.2) is 10.5 Å². The van der Waals surface area contributed by atoms with Gasteiger partial charge in [-0.2, -0.15) is 0 Å². The molecule has 0 aliphatic heterocycles. The van der Waals surface area contributed by atoms with Gasteiger partial charge >= 0.3 is 0 Å². The highest BCUT2D eigenvalue weighted by Gasteiger charge is 2.09. The zero-order valence-corrected chi connectivity index (χ0v) is 10.7. The van der Waals surface area contributed by atoms with E-state index in [1.165, 1.54) is 12.1 Å². The maximum atomic E-state index is 13.2. The van der Waals surface area contributed by atoms with E-state index in [9.17, 15) is 9.18 Å². The molecule has 0 saturated carbocycles.